The molecule has 0 radical (unpaired) electrons. The molecule has 1 unspecified atom stereocenters. The molecule has 0 saturated heterocycles. The smallest absolute Gasteiger partial charge is 0.311 e. The van der Waals surface area contributed by atoms with E-state index in [1.165, 1.54) is 12.1 Å². The van der Waals surface area contributed by atoms with Crippen LogP contribution in [0.2, 0.25) is 0 Å². The first-order valence-electron chi connectivity index (χ1n) is 7.82. The van der Waals surface area contributed by atoms with Gasteiger partial charge in [0.15, 0.2) is 0 Å². The second-order valence-corrected chi connectivity index (χ2v) is 7.61. The van der Waals surface area contributed by atoms with E-state index in [1.54, 1.807) is 19.1 Å². The number of rotatable bonds is 8. The molecule has 1 atom stereocenters. The van der Waals surface area contributed by atoms with Crippen molar-refractivity contribution in [2.75, 3.05) is 6.61 Å². The van der Waals surface area contributed by atoms with Gasteiger partial charge >= 0.3 is 5.97 Å². The van der Waals surface area contributed by atoms with Crippen molar-refractivity contribution in [2.45, 2.75) is 58.5 Å². The van der Waals surface area contributed by atoms with Crippen LogP contribution in [0.3, 0.4) is 0 Å². The fourth-order valence-electron chi connectivity index (χ4n) is 1.91. The fourth-order valence-corrected chi connectivity index (χ4v) is 2.98. The van der Waals surface area contributed by atoms with Gasteiger partial charge in [0.2, 0.25) is 0 Å². The molecule has 130 valence electrons. The van der Waals surface area contributed by atoms with Crippen molar-refractivity contribution in [3.8, 4) is 0 Å². The summed E-state index contributed by atoms with van der Waals surface area (Å²) in [4.78, 5) is 12.2. The van der Waals surface area contributed by atoms with Crippen LogP contribution in [0, 0.1) is 12.3 Å². The monoisotopic (exact) mass is 342 g/mol. The molecule has 0 spiro atoms. The van der Waals surface area contributed by atoms with Crippen molar-refractivity contribution >= 4 is 16.1 Å². The predicted octanol–water partition coefficient (Wildman–Crippen LogP) is 3.46. The summed E-state index contributed by atoms with van der Waals surface area (Å²) < 4.78 is 34.6. The summed E-state index contributed by atoms with van der Waals surface area (Å²) >= 11 is 0. The van der Waals surface area contributed by atoms with Gasteiger partial charge in [-0.05, 0) is 45.7 Å². The molecule has 1 rings (SSSR count). The Morgan fingerprint density at radius 1 is 1.17 bits per heavy atom. The summed E-state index contributed by atoms with van der Waals surface area (Å²) in [5, 5.41) is 0. The highest BCUT2D eigenvalue weighted by molar-refractivity contribution is 7.86. The first kappa shape index (κ1) is 19.6. The molecule has 0 aromatic heterocycles. The topological polar surface area (TPSA) is 69.7 Å². The highest BCUT2D eigenvalue weighted by Crippen LogP contribution is 2.27. The summed E-state index contributed by atoms with van der Waals surface area (Å²) in [6.45, 7) is 9.02. The third kappa shape index (κ3) is 5.32. The maximum atomic E-state index is 12.1. The molecular weight excluding hydrogens is 316 g/mol. The zero-order valence-electron chi connectivity index (χ0n) is 14.5. The molecule has 0 heterocycles. The number of esters is 1. The Hall–Kier alpha value is -1.40. The molecule has 0 amide bonds. The van der Waals surface area contributed by atoms with Crippen molar-refractivity contribution in [1.29, 1.82) is 0 Å². The lowest BCUT2D eigenvalue weighted by molar-refractivity contribution is -0.157. The number of hydrogen-bond acceptors (Lipinski definition) is 5. The van der Waals surface area contributed by atoms with Crippen molar-refractivity contribution in [3.63, 3.8) is 0 Å². The van der Waals surface area contributed by atoms with Gasteiger partial charge in [0.1, 0.15) is 12.7 Å². The highest BCUT2D eigenvalue weighted by atomic mass is 32.2. The largest absolute Gasteiger partial charge is 0.462 e. The van der Waals surface area contributed by atoms with E-state index >= 15 is 0 Å². The Morgan fingerprint density at radius 3 is 2.17 bits per heavy atom. The zero-order valence-corrected chi connectivity index (χ0v) is 15.3. The van der Waals surface area contributed by atoms with Gasteiger partial charge in [-0.2, -0.15) is 8.42 Å². The lowest BCUT2D eigenvalue weighted by atomic mass is 9.85. The number of ether oxygens (including phenoxy) is 1. The van der Waals surface area contributed by atoms with E-state index in [-0.39, 0.29) is 17.5 Å². The second kappa shape index (κ2) is 7.93. The SMILES string of the molecule is CCC(C)(CC)C(=O)OCC(C)OS(=O)(=O)c1ccc(C)cc1. The molecule has 0 aliphatic rings. The Morgan fingerprint density at radius 2 is 1.70 bits per heavy atom. The normalized spacial score (nSPS) is 13.6. The highest BCUT2D eigenvalue weighted by Gasteiger charge is 2.31. The Labute approximate surface area is 139 Å². The molecule has 23 heavy (non-hydrogen) atoms. The van der Waals surface area contributed by atoms with Gasteiger partial charge < -0.3 is 4.74 Å². The third-order valence-corrected chi connectivity index (χ3v) is 5.53. The minimum atomic E-state index is -3.86. The number of benzene rings is 1. The molecule has 5 nitrogen and oxygen atoms in total. The maximum Gasteiger partial charge on any atom is 0.311 e. The predicted molar refractivity (Wildman–Crippen MR) is 88.6 cm³/mol. The van der Waals surface area contributed by atoms with Crippen LogP contribution in [0.1, 0.15) is 46.1 Å². The van der Waals surface area contributed by atoms with Crippen LogP contribution in [0.5, 0.6) is 0 Å². The van der Waals surface area contributed by atoms with Crippen LogP contribution < -0.4 is 0 Å². The summed E-state index contributed by atoms with van der Waals surface area (Å²) in [6, 6.07) is 6.40. The van der Waals surface area contributed by atoms with E-state index in [9.17, 15) is 13.2 Å². The van der Waals surface area contributed by atoms with Gasteiger partial charge in [0.05, 0.1) is 10.3 Å². The van der Waals surface area contributed by atoms with Crippen LogP contribution in [0.15, 0.2) is 29.2 Å². The van der Waals surface area contributed by atoms with Gasteiger partial charge in [-0.1, -0.05) is 31.5 Å². The molecule has 0 aliphatic carbocycles. The molecule has 0 N–H and O–H groups in total. The van der Waals surface area contributed by atoms with Crippen LogP contribution in [0.25, 0.3) is 0 Å². The van der Waals surface area contributed by atoms with Crippen LogP contribution in [0.4, 0.5) is 0 Å². The van der Waals surface area contributed by atoms with E-state index < -0.39 is 21.6 Å². The Balaban J connectivity index is 2.64. The zero-order chi connectivity index (χ0) is 17.7. The van der Waals surface area contributed by atoms with Crippen LogP contribution in [-0.2, 0) is 23.8 Å². The lowest BCUT2D eigenvalue weighted by Gasteiger charge is -2.25. The van der Waals surface area contributed by atoms with Gasteiger partial charge in [-0.15, -0.1) is 0 Å². The number of hydrogen-bond donors (Lipinski definition) is 0. The number of carbonyl (C=O) groups is 1. The van der Waals surface area contributed by atoms with E-state index in [4.69, 9.17) is 8.92 Å². The van der Waals surface area contributed by atoms with E-state index in [0.717, 1.165) is 5.56 Å². The van der Waals surface area contributed by atoms with Crippen LogP contribution >= 0.6 is 0 Å². The van der Waals surface area contributed by atoms with Crippen LogP contribution in [-0.4, -0.2) is 27.1 Å². The Kier molecular flexibility index (Phi) is 6.77. The van der Waals surface area contributed by atoms with E-state index in [2.05, 4.69) is 0 Å². The first-order chi connectivity index (χ1) is 10.6. The number of carbonyl (C=O) groups excluding carboxylic acids is 1. The average molecular weight is 342 g/mol. The molecule has 0 fully saturated rings. The van der Waals surface area contributed by atoms with Crippen molar-refractivity contribution < 1.29 is 22.1 Å². The summed E-state index contributed by atoms with van der Waals surface area (Å²) in [6.07, 6.45) is 0.585. The van der Waals surface area contributed by atoms with Crippen molar-refractivity contribution in [3.05, 3.63) is 29.8 Å². The quantitative estimate of drug-likeness (QED) is 0.534. The van der Waals surface area contributed by atoms with Crippen molar-refractivity contribution in [2.24, 2.45) is 5.41 Å². The van der Waals surface area contributed by atoms with Crippen molar-refractivity contribution in [1.82, 2.24) is 0 Å². The molecule has 0 bridgehead atoms. The van der Waals surface area contributed by atoms with E-state index in [1.807, 2.05) is 27.7 Å². The second-order valence-electron chi connectivity index (χ2n) is 6.04. The maximum absolute atomic E-state index is 12.1. The molecule has 0 aliphatic heterocycles. The standard InChI is InChI=1S/C17H26O5S/c1-6-17(5,7-2)16(18)21-12-14(4)22-23(19,20)15-10-8-13(3)9-11-15/h8-11,14H,6-7,12H2,1-5H3. The average Bonchev–Trinajstić information content (AvgIpc) is 2.51. The van der Waals surface area contributed by atoms with Gasteiger partial charge in [-0.25, -0.2) is 0 Å². The number of aryl methyl sites for hydroxylation is 1. The van der Waals surface area contributed by atoms with Gasteiger partial charge in [0.25, 0.3) is 10.1 Å². The minimum absolute atomic E-state index is 0.0910. The molecule has 6 heteroatoms. The van der Waals surface area contributed by atoms with Gasteiger partial charge in [0, 0.05) is 0 Å². The minimum Gasteiger partial charge on any atom is -0.462 e. The Bertz CT molecular complexity index is 615. The van der Waals surface area contributed by atoms with Gasteiger partial charge in [-0.3, -0.25) is 8.98 Å². The summed E-state index contributed by atoms with van der Waals surface area (Å²) in [5.41, 5.74) is 0.416. The molecule has 0 saturated carbocycles. The lowest BCUT2D eigenvalue weighted by Crippen LogP contribution is -2.31. The first-order valence-corrected chi connectivity index (χ1v) is 9.22. The molecular formula is C17H26O5S. The summed E-state index contributed by atoms with van der Waals surface area (Å²) in [5.74, 6) is -0.328. The fraction of sp³-hybridized carbons (Fsp3) is 0.588. The molecule has 1 aromatic rings. The van der Waals surface area contributed by atoms with E-state index in [0.29, 0.717) is 12.8 Å². The molecule has 1 aromatic carbocycles. The third-order valence-electron chi connectivity index (χ3n) is 4.10. The summed E-state index contributed by atoms with van der Waals surface area (Å²) in [7, 11) is -3.86.